The van der Waals surface area contributed by atoms with Gasteiger partial charge >= 0.3 is 6.18 Å². The summed E-state index contributed by atoms with van der Waals surface area (Å²) in [5.41, 5.74) is 1.15. The van der Waals surface area contributed by atoms with Crippen molar-refractivity contribution in [1.29, 1.82) is 5.41 Å². The molecule has 10 heteroatoms. The predicted molar refractivity (Wildman–Crippen MR) is 115 cm³/mol. The number of fused-ring (bicyclic) bond motifs is 2. The first kappa shape index (κ1) is 22.9. The minimum Gasteiger partial charge on any atom is -0.363 e. The summed E-state index contributed by atoms with van der Waals surface area (Å²) in [5, 5.41) is 7.30. The second-order valence-electron chi connectivity index (χ2n) is 8.09. The fraction of sp³-hybridized carbons (Fsp3) is 0.381. The quantitative estimate of drug-likeness (QED) is 0.239. The molecule has 0 radical (unpaired) electrons. The van der Waals surface area contributed by atoms with Crippen molar-refractivity contribution in [1.82, 2.24) is 4.90 Å². The van der Waals surface area contributed by atoms with Gasteiger partial charge in [-0.1, -0.05) is 35.3 Å². The number of hydrogen-bond donors (Lipinski definition) is 2. The van der Waals surface area contributed by atoms with Crippen molar-refractivity contribution in [2.75, 3.05) is 20.1 Å². The lowest BCUT2D eigenvalue weighted by molar-refractivity contribution is -0.159. The number of nitrogens with zero attached hydrogens (tertiary/aromatic N) is 1. The number of likely N-dealkylation sites (tertiary alicyclic amines) is 1. The Hall–Kier alpha value is -1.32. The molecule has 4 rings (SSSR count). The Kier molecular flexibility index (Phi) is 5.62. The summed E-state index contributed by atoms with van der Waals surface area (Å²) in [6.07, 6.45) is -5.64. The molecule has 0 saturated carbocycles. The van der Waals surface area contributed by atoms with Gasteiger partial charge in [0.1, 0.15) is 10.3 Å². The van der Waals surface area contributed by atoms with Crippen LogP contribution in [0.2, 0.25) is 10.0 Å². The zero-order valence-corrected chi connectivity index (χ0v) is 18.7. The molecule has 2 aromatic rings. The van der Waals surface area contributed by atoms with E-state index >= 15 is 0 Å². The highest BCUT2D eigenvalue weighted by Gasteiger charge is 2.54. The normalized spacial score (nSPS) is 19.7. The number of nitrogens with one attached hydrogen (secondary N) is 1. The van der Waals surface area contributed by atoms with Gasteiger partial charge in [0.2, 0.25) is 0 Å². The van der Waals surface area contributed by atoms with Gasteiger partial charge in [-0.15, -0.1) is 0 Å². The van der Waals surface area contributed by atoms with Gasteiger partial charge in [-0.3, -0.25) is 4.90 Å². The van der Waals surface area contributed by atoms with E-state index in [0.29, 0.717) is 12.2 Å². The molecule has 166 valence electrons. The minimum atomic E-state index is -4.85. The summed E-state index contributed by atoms with van der Waals surface area (Å²) in [6, 6.07) is 6.84. The van der Waals surface area contributed by atoms with Crippen molar-refractivity contribution in [3.8, 4) is 0 Å². The number of benzene rings is 2. The maximum Gasteiger partial charge on any atom is 0.407 e. The molecule has 1 unspecified atom stereocenters. The number of likely N-dealkylation sites (N-methyl/N-ethyl adjacent to an activating group) is 1. The molecule has 31 heavy (non-hydrogen) atoms. The van der Waals surface area contributed by atoms with E-state index < -0.39 is 38.8 Å². The second kappa shape index (κ2) is 7.63. The van der Waals surface area contributed by atoms with Crippen LogP contribution in [0.1, 0.15) is 28.7 Å². The molecule has 2 aromatic carbocycles. The van der Waals surface area contributed by atoms with Gasteiger partial charge in [0, 0.05) is 25.2 Å². The number of thiol groups is 1. The Balaban J connectivity index is 1.65. The van der Waals surface area contributed by atoms with E-state index in [1.807, 2.05) is 13.1 Å². The number of alkyl halides is 3. The Bertz CT molecular complexity index is 1050. The summed E-state index contributed by atoms with van der Waals surface area (Å²) >= 11 is 15.3. The van der Waals surface area contributed by atoms with E-state index in [1.165, 1.54) is 0 Å². The molecule has 3 nitrogen and oxygen atoms in total. The third-order valence-corrected chi connectivity index (χ3v) is 7.08. The number of rotatable bonds is 4. The Labute approximate surface area is 192 Å². The summed E-state index contributed by atoms with van der Waals surface area (Å²) < 4.78 is 59.1. The monoisotopic (exact) mass is 492 g/mol. The van der Waals surface area contributed by atoms with Crippen LogP contribution in [-0.2, 0) is 21.7 Å². The second-order valence-corrected chi connectivity index (χ2v) is 9.67. The number of ether oxygens (including phenoxy) is 1. The van der Waals surface area contributed by atoms with E-state index in [1.54, 1.807) is 12.1 Å². The minimum absolute atomic E-state index is 0.265. The van der Waals surface area contributed by atoms with E-state index in [2.05, 4.69) is 17.5 Å². The average Bonchev–Trinajstić information content (AvgIpc) is 3.03. The first-order chi connectivity index (χ1) is 14.4. The van der Waals surface area contributed by atoms with Gasteiger partial charge in [0.05, 0.1) is 16.7 Å². The molecule has 0 bridgehead atoms. The Morgan fingerprint density at radius 3 is 2.35 bits per heavy atom. The van der Waals surface area contributed by atoms with E-state index in [0.717, 1.165) is 36.3 Å². The maximum absolute atomic E-state index is 14.1. The van der Waals surface area contributed by atoms with Crippen LogP contribution in [-0.4, -0.2) is 36.9 Å². The molecule has 0 aromatic heterocycles. The lowest BCUT2D eigenvalue weighted by atomic mass is 9.84. The van der Waals surface area contributed by atoms with Crippen molar-refractivity contribution >= 4 is 41.5 Å². The van der Waals surface area contributed by atoms with Gasteiger partial charge in [-0.05, 0) is 47.5 Å². The van der Waals surface area contributed by atoms with Crippen molar-refractivity contribution in [3.05, 3.63) is 68.4 Å². The molecule has 2 aliphatic heterocycles. The number of hydrogen-bond acceptors (Lipinski definition) is 4. The molecule has 1 spiro atoms. The predicted octanol–water partition coefficient (Wildman–Crippen LogP) is 5.95. The highest BCUT2D eigenvalue weighted by Crippen LogP contribution is 2.49. The lowest BCUT2D eigenvalue weighted by Crippen LogP contribution is -2.57. The first-order valence-electron chi connectivity index (χ1n) is 9.34. The van der Waals surface area contributed by atoms with Gasteiger partial charge in [0.25, 0.3) is 0 Å². The molecule has 0 aliphatic carbocycles. The van der Waals surface area contributed by atoms with Crippen molar-refractivity contribution in [2.45, 2.75) is 29.6 Å². The SMILES string of the molecule is CN1CC2(C1)OCc1cc(C(=N)CC(S)(c3cc(Cl)c(F)c(Cl)c3)C(F)(F)F)ccc12. The largest absolute Gasteiger partial charge is 0.407 e. The van der Waals surface area contributed by atoms with Crippen LogP contribution in [0.3, 0.4) is 0 Å². The fourth-order valence-electron chi connectivity index (χ4n) is 4.24. The molecule has 1 atom stereocenters. The molecule has 0 amide bonds. The molecule has 1 N–H and O–H groups in total. The van der Waals surface area contributed by atoms with Crippen molar-refractivity contribution < 1.29 is 22.3 Å². The van der Waals surface area contributed by atoms with Gasteiger partial charge in [-0.2, -0.15) is 25.8 Å². The lowest BCUT2D eigenvalue weighted by Gasteiger charge is -2.45. The van der Waals surface area contributed by atoms with Crippen molar-refractivity contribution in [2.24, 2.45) is 0 Å². The standard InChI is InChI=1S/C21H18Cl2F4N2OS/c1-29-9-19(10-29)14-3-2-11(4-12(14)8-30-19)17(28)7-20(31,21(25,26)27)13-5-15(22)18(24)16(23)6-13/h2-6,28,31H,7-10H2,1H3. The molecule has 2 heterocycles. The van der Waals surface area contributed by atoms with E-state index in [9.17, 15) is 17.6 Å². The molecular formula is C21H18Cl2F4N2OS. The topological polar surface area (TPSA) is 36.3 Å². The Morgan fingerprint density at radius 1 is 1.19 bits per heavy atom. The molecule has 1 saturated heterocycles. The highest BCUT2D eigenvalue weighted by molar-refractivity contribution is 7.81. The number of halogens is 6. The summed E-state index contributed by atoms with van der Waals surface area (Å²) in [4.78, 5) is 2.11. The van der Waals surface area contributed by atoms with Gasteiger partial charge in [-0.25, -0.2) is 4.39 Å². The fourth-order valence-corrected chi connectivity index (χ4v) is 5.02. The third kappa shape index (κ3) is 3.76. The van der Waals surface area contributed by atoms with Crippen LogP contribution in [0.25, 0.3) is 0 Å². The van der Waals surface area contributed by atoms with E-state index in [4.69, 9.17) is 33.3 Å². The van der Waals surface area contributed by atoms with Crippen LogP contribution in [0, 0.1) is 11.2 Å². The zero-order valence-electron chi connectivity index (χ0n) is 16.3. The van der Waals surface area contributed by atoms with Gasteiger partial charge in [0.15, 0.2) is 5.82 Å². The zero-order chi connectivity index (χ0) is 22.8. The van der Waals surface area contributed by atoms with Crippen molar-refractivity contribution in [3.63, 3.8) is 0 Å². The summed E-state index contributed by atoms with van der Waals surface area (Å²) in [6.45, 7) is 1.84. The smallest absolute Gasteiger partial charge is 0.363 e. The van der Waals surface area contributed by atoms with Crippen LogP contribution in [0.15, 0.2) is 30.3 Å². The third-order valence-electron chi connectivity index (χ3n) is 5.86. The highest BCUT2D eigenvalue weighted by atomic mass is 35.5. The van der Waals surface area contributed by atoms with Crippen LogP contribution < -0.4 is 0 Å². The molecular weight excluding hydrogens is 475 g/mol. The van der Waals surface area contributed by atoms with Crippen LogP contribution in [0.4, 0.5) is 17.6 Å². The van der Waals surface area contributed by atoms with Gasteiger partial charge < -0.3 is 10.1 Å². The summed E-state index contributed by atoms with van der Waals surface area (Å²) in [5.74, 6) is -1.01. The van der Waals surface area contributed by atoms with Crippen LogP contribution in [0.5, 0.6) is 0 Å². The van der Waals surface area contributed by atoms with Crippen LogP contribution >= 0.6 is 35.8 Å². The average molecular weight is 493 g/mol. The maximum atomic E-state index is 14.1. The van der Waals surface area contributed by atoms with E-state index in [-0.39, 0.29) is 11.3 Å². The Morgan fingerprint density at radius 2 is 1.81 bits per heavy atom. The molecule has 2 aliphatic rings. The molecule has 1 fully saturated rings. The first-order valence-corrected chi connectivity index (χ1v) is 10.5. The summed E-state index contributed by atoms with van der Waals surface area (Å²) in [7, 11) is 1.98.